The largest absolute Gasteiger partial charge is 0.478 e. The molecule has 0 fully saturated rings. The second-order valence-electron chi connectivity index (χ2n) is 8.61. The summed E-state index contributed by atoms with van der Waals surface area (Å²) in [6.07, 6.45) is 0. The number of carboxylic acid groups (broad SMARTS) is 1. The van der Waals surface area contributed by atoms with Crippen molar-refractivity contribution in [3.8, 4) is 0 Å². The van der Waals surface area contributed by atoms with E-state index in [1.54, 1.807) is 48.5 Å². The van der Waals surface area contributed by atoms with E-state index in [9.17, 15) is 19.5 Å². The van der Waals surface area contributed by atoms with Crippen LogP contribution in [0.2, 0.25) is 0 Å². The number of rotatable bonds is 8. The average Bonchev–Trinajstić information content (AvgIpc) is 2.87. The van der Waals surface area contributed by atoms with Crippen LogP contribution in [0.3, 0.4) is 0 Å². The Balaban J connectivity index is 1.42. The minimum Gasteiger partial charge on any atom is -0.478 e. The molecule has 0 bridgehead atoms. The smallest absolute Gasteiger partial charge is 0.336 e. The summed E-state index contributed by atoms with van der Waals surface area (Å²) in [6.45, 7) is 4.24. The molecule has 182 valence electrons. The van der Waals surface area contributed by atoms with Crippen LogP contribution in [0.4, 0.5) is 11.4 Å². The highest BCUT2D eigenvalue weighted by molar-refractivity contribution is 8.00. The summed E-state index contributed by atoms with van der Waals surface area (Å²) in [5.41, 5.74) is 2.88. The number of fused-ring (bicyclic) bond motifs is 1. The number of thioether (sulfide) groups is 1. The van der Waals surface area contributed by atoms with E-state index in [-0.39, 0.29) is 22.8 Å². The molecule has 4 aromatic rings. The predicted octanol–water partition coefficient (Wildman–Crippen LogP) is 6.64. The van der Waals surface area contributed by atoms with Gasteiger partial charge in [0.25, 0.3) is 5.91 Å². The first-order valence-corrected chi connectivity index (χ1v) is 12.5. The van der Waals surface area contributed by atoms with Crippen molar-refractivity contribution < 1.29 is 19.5 Å². The van der Waals surface area contributed by atoms with Crippen LogP contribution in [0.15, 0.2) is 89.8 Å². The van der Waals surface area contributed by atoms with Crippen LogP contribution in [0.5, 0.6) is 0 Å². The maximum Gasteiger partial charge on any atom is 0.336 e. The molecule has 0 unspecified atom stereocenters. The number of amides is 2. The van der Waals surface area contributed by atoms with E-state index in [2.05, 4.69) is 24.5 Å². The highest BCUT2D eigenvalue weighted by atomic mass is 32.2. The Bertz CT molecular complexity index is 1430. The summed E-state index contributed by atoms with van der Waals surface area (Å²) < 4.78 is 0. The molecule has 0 saturated carbocycles. The van der Waals surface area contributed by atoms with E-state index in [0.717, 1.165) is 10.6 Å². The molecular weight excluding hydrogens is 472 g/mol. The Morgan fingerprint density at radius 1 is 0.806 bits per heavy atom. The van der Waals surface area contributed by atoms with Gasteiger partial charge in [0.05, 0.1) is 11.3 Å². The van der Waals surface area contributed by atoms with E-state index < -0.39 is 11.9 Å². The summed E-state index contributed by atoms with van der Waals surface area (Å²) in [5.74, 6) is -0.969. The van der Waals surface area contributed by atoms with E-state index >= 15 is 0 Å². The number of aromatic carboxylic acids is 1. The number of nitrogens with one attached hydrogen (secondary N) is 2. The first kappa shape index (κ1) is 25.0. The Labute approximate surface area is 213 Å². The SMILES string of the molecule is CC(C)c1ccc(NC(=O)CSc2cccc(NC(=O)c3cccc4cccc(C(=O)O)c34)c2)cc1. The van der Waals surface area contributed by atoms with Gasteiger partial charge < -0.3 is 15.7 Å². The Morgan fingerprint density at radius 2 is 1.47 bits per heavy atom. The molecule has 7 heteroatoms. The van der Waals surface area contributed by atoms with Gasteiger partial charge in [-0.25, -0.2) is 4.79 Å². The number of carbonyl (C=O) groups excluding carboxylic acids is 2. The topological polar surface area (TPSA) is 95.5 Å². The Hall–Kier alpha value is -4.10. The Morgan fingerprint density at radius 3 is 2.14 bits per heavy atom. The molecule has 36 heavy (non-hydrogen) atoms. The third-order valence-corrected chi connectivity index (χ3v) is 6.70. The number of hydrogen-bond acceptors (Lipinski definition) is 4. The summed E-state index contributed by atoms with van der Waals surface area (Å²) >= 11 is 1.36. The molecule has 0 aliphatic heterocycles. The lowest BCUT2D eigenvalue weighted by molar-refractivity contribution is -0.113. The third kappa shape index (κ3) is 5.93. The van der Waals surface area contributed by atoms with Crippen molar-refractivity contribution in [1.82, 2.24) is 0 Å². The van der Waals surface area contributed by atoms with Crippen molar-refractivity contribution in [2.24, 2.45) is 0 Å². The minimum atomic E-state index is -1.09. The fourth-order valence-corrected chi connectivity index (χ4v) is 4.62. The van der Waals surface area contributed by atoms with E-state index in [4.69, 9.17) is 0 Å². The quantitative estimate of drug-likeness (QED) is 0.237. The van der Waals surface area contributed by atoms with Gasteiger partial charge in [0.1, 0.15) is 0 Å². The normalized spacial score (nSPS) is 10.9. The van der Waals surface area contributed by atoms with Crippen molar-refractivity contribution in [3.05, 3.63) is 102 Å². The van der Waals surface area contributed by atoms with Gasteiger partial charge in [-0.2, -0.15) is 0 Å². The number of carboxylic acids is 1. The van der Waals surface area contributed by atoms with E-state index in [0.29, 0.717) is 22.4 Å². The number of anilines is 2. The van der Waals surface area contributed by atoms with Crippen LogP contribution < -0.4 is 10.6 Å². The molecule has 0 heterocycles. The molecule has 0 saturated heterocycles. The highest BCUT2D eigenvalue weighted by Crippen LogP contribution is 2.26. The van der Waals surface area contributed by atoms with Gasteiger partial charge in [0.15, 0.2) is 0 Å². The molecule has 4 rings (SSSR count). The van der Waals surface area contributed by atoms with Crippen LogP contribution >= 0.6 is 11.8 Å². The van der Waals surface area contributed by atoms with Gasteiger partial charge in [0.2, 0.25) is 5.91 Å². The molecule has 0 aliphatic rings. The number of hydrogen-bond donors (Lipinski definition) is 3. The summed E-state index contributed by atoms with van der Waals surface area (Å²) in [5, 5.41) is 16.4. The van der Waals surface area contributed by atoms with Crippen molar-refractivity contribution in [3.63, 3.8) is 0 Å². The first-order valence-electron chi connectivity index (χ1n) is 11.5. The molecule has 0 spiro atoms. The molecule has 3 N–H and O–H groups in total. The molecule has 6 nitrogen and oxygen atoms in total. The lowest BCUT2D eigenvalue weighted by Crippen LogP contribution is -2.14. The standard InChI is InChI=1S/C29H26N2O4S/c1-18(2)19-12-14-21(15-13-19)30-26(32)17-36-23-9-5-8-22(16-23)31-28(33)24-10-3-6-20-7-4-11-25(27(20)24)29(34)35/h3-16,18H,17H2,1-2H3,(H,30,32)(H,31,33)(H,34,35). The molecule has 0 aromatic heterocycles. The maximum absolute atomic E-state index is 13.1. The second-order valence-corrected chi connectivity index (χ2v) is 9.66. The van der Waals surface area contributed by atoms with Crippen LogP contribution in [0.1, 0.15) is 46.0 Å². The monoisotopic (exact) mass is 498 g/mol. The van der Waals surface area contributed by atoms with Crippen LogP contribution in [-0.4, -0.2) is 28.6 Å². The lowest BCUT2D eigenvalue weighted by Gasteiger charge is -2.11. The molecule has 0 atom stereocenters. The third-order valence-electron chi connectivity index (χ3n) is 5.70. The van der Waals surface area contributed by atoms with Crippen molar-refractivity contribution in [2.75, 3.05) is 16.4 Å². The van der Waals surface area contributed by atoms with Gasteiger partial charge in [-0.15, -0.1) is 11.8 Å². The van der Waals surface area contributed by atoms with Crippen LogP contribution in [-0.2, 0) is 4.79 Å². The highest BCUT2D eigenvalue weighted by Gasteiger charge is 2.17. The zero-order valence-corrected chi connectivity index (χ0v) is 20.8. The van der Waals surface area contributed by atoms with Crippen molar-refractivity contribution >= 4 is 51.7 Å². The van der Waals surface area contributed by atoms with Gasteiger partial charge in [-0.3, -0.25) is 9.59 Å². The van der Waals surface area contributed by atoms with Crippen LogP contribution in [0, 0.1) is 0 Å². The van der Waals surface area contributed by atoms with Crippen molar-refractivity contribution in [1.29, 1.82) is 0 Å². The molecule has 0 radical (unpaired) electrons. The molecule has 0 aliphatic carbocycles. The molecular formula is C29H26N2O4S. The fourth-order valence-electron chi connectivity index (χ4n) is 3.87. The van der Waals surface area contributed by atoms with Gasteiger partial charge >= 0.3 is 5.97 Å². The second kappa shape index (κ2) is 11.1. The zero-order valence-electron chi connectivity index (χ0n) is 19.9. The molecule has 4 aromatic carbocycles. The summed E-state index contributed by atoms with van der Waals surface area (Å²) in [4.78, 5) is 38.0. The minimum absolute atomic E-state index is 0.0763. The van der Waals surface area contributed by atoms with E-state index in [1.165, 1.54) is 23.4 Å². The van der Waals surface area contributed by atoms with Crippen molar-refractivity contribution in [2.45, 2.75) is 24.7 Å². The maximum atomic E-state index is 13.1. The first-order chi connectivity index (χ1) is 17.3. The fraction of sp³-hybridized carbons (Fsp3) is 0.138. The molecule has 2 amide bonds. The van der Waals surface area contributed by atoms with Crippen LogP contribution in [0.25, 0.3) is 10.8 Å². The van der Waals surface area contributed by atoms with Gasteiger partial charge in [-0.1, -0.05) is 56.3 Å². The Kier molecular flexibility index (Phi) is 7.71. The average molecular weight is 499 g/mol. The van der Waals surface area contributed by atoms with E-state index in [1.807, 2.05) is 30.3 Å². The summed E-state index contributed by atoms with van der Waals surface area (Å²) in [6, 6.07) is 25.1. The van der Waals surface area contributed by atoms with Gasteiger partial charge in [0, 0.05) is 27.2 Å². The number of carbonyl (C=O) groups is 3. The number of benzene rings is 4. The predicted molar refractivity (Wildman–Crippen MR) is 145 cm³/mol. The van der Waals surface area contributed by atoms with Gasteiger partial charge in [-0.05, 0) is 59.3 Å². The summed E-state index contributed by atoms with van der Waals surface area (Å²) in [7, 11) is 0. The lowest BCUT2D eigenvalue weighted by atomic mass is 9.98. The zero-order chi connectivity index (χ0) is 25.7.